The van der Waals surface area contributed by atoms with Crippen molar-refractivity contribution in [2.24, 2.45) is 5.73 Å². The van der Waals surface area contributed by atoms with Crippen LogP contribution in [0, 0.1) is 0 Å². The van der Waals surface area contributed by atoms with Gasteiger partial charge in [-0.05, 0) is 60.9 Å². The van der Waals surface area contributed by atoms with E-state index in [9.17, 15) is 0 Å². The molecule has 0 saturated carbocycles. The molecule has 0 bridgehead atoms. The lowest BCUT2D eigenvalue weighted by atomic mass is 10.1. The quantitative estimate of drug-likeness (QED) is 0.899. The van der Waals surface area contributed by atoms with Crippen LogP contribution < -0.4 is 5.73 Å². The van der Waals surface area contributed by atoms with E-state index in [1.54, 1.807) is 0 Å². The fourth-order valence-corrected chi connectivity index (χ4v) is 4.59. The number of thiophene rings is 1. The minimum Gasteiger partial charge on any atom is -0.329 e. The minimum atomic E-state index is 0.367. The van der Waals surface area contributed by atoms with E-state index in [1.165, 1.54) is 28.7 Å². The summed E-state index contributed by atoms with van der Waals surface area (Å²) >= 11 is 5.45. The molecule has 0 aliphatic carbocycles. The van der Waals surface area contributed by atoms with Crippen molar-refractivity contribution >= 4 is 27.3 Å². The second kappa shape index (κ2) is 6.48. The van der Waals surface area contributed by atoms with Crippen molar-refractivity contribution in [3.8, 4) is 0 Å². The molecule has 2 rings (SSSR count). The lowest BCUT2D eigenvalue weighted by Crippen LogP contribution is -2.42. The molecule has 1 aliphatic heterocycles. The molecule has 0 radical (unpaired) electrons. The third kappa shape index (κ3) is 3.14. The van der Waals surface area contributed by atoms with E-state index >= 15 is 0 Å². The van der Waals surface area contributed by atoms with Crippen LogP contribution in [0.1, 0.15) is 23.8 Å². The van der Waals surface area contributed by atoms with Gasteiger partial charge in [-0.1, -0.05) is 0 Å². The van der Waals surface area contributed by atoms with E-state index < -0.39 is 0 Å². The predicted molar refractivity (Wildman–Crippen MR) is 82.1 cm³/mol. The summed E-state index contributed by atoms with van der Waals surface area (Å²) in [6.45, 7) is 2.99. The number of nitrogens with two attached hydrogens (primary N) is 1. The molecule has 0 amide bonds. The van der Waals surface area contributed by atoms with E-state index in [0.29, 0.717) is 18.6 Å². The van der Waals surface area contributed by atoms with Crippen LogP contribution in [0.25, 0.3) is 0 Å². The third-order valence-electron chi connectivity index (χ3n) is 3.57. The SMILES string of the molecule is CN(C)CC1CCCN1C(CN)c1sccc1Br. The monoisotopic (exact) mass is 331 g/mol. The zero-order valence-electron chi connectivity index (χ0n) is 11.1. The predicted octanol–water partition coefficient (Wildman–Crippen LogP) is 2.54. The summed E-state index contributed by atoms with van der Waals surface area (Å²) in [5, 5.41) is 2.14. The second-order valence-corrected chi connectivity index (χ2v) is 6.98. The van der Waals surface area contributed by atoms with E-state index in [1.807, 2.05) is 11.3 Å². The smallest absolute Gasteiger partial charge is 0.0578 e. The molecular weight excluding hydrogens is 310 g/mol. The highest BCUT2D eigenvalue weighted by atomic mass is 79.9. The maximum atomic E-state index is 6.04. The van der Waals surface area contributed by atoms with Crippen LogP contribution in [0.5, 0.6) is 0 Å². The molecule has 1 aliphatic rings. The second-order valence-electron chi connectivity index (χ2n) is 5.18. The Bertz CT molecular complexity index is 380. The Balaban J connectivity index is 2.14. The Morgan fingerprint density at radius 1 is 1.61 bits per heavy atom. The number of likely N-dealkylation sites (tertiary alicyclic amines) is 1. The molecule has 2 unspecified atom stereocenters. The fourth-order valence-electron chi connectivity index (χ4n) is 2.82. The van der Waals surface area contributed by atoms with Crippen LogP contribution in [-0.2, 0) is 0 Å². The molecule has 2 heterocycles. The van der Waals surface area contributed by atoms with Gasteiger partial charge in [-0.2, -0.15) is 0 Å². The van der Waals surface area contributed by atoms with Crippen molar-refractivity contribution < 1.29 is 0 Å². The van der Waals surface area contributed by atoms with Gasteiger partial charge in [0.1, 0.15) is 0 Å². The largest absolute Gasteiger partial charge is 0.329 e. The first kappa shape index (κ1) is 14.5. The van der Waals surface area contributed by atoms with Gasteiger partial charge < -0.3 is 10.6 Å². The van der Waals surface area contributed by atoms with E-state index in [4.69, 9.17) is 5.73 Å². The first-order valence-corrected chi connectivity index (χ1v) is 8.14. The minimum absolute atomic E-state index is 0.367. The third-order valence-corrected chi connectivity index (χ3v) is 5.54. The van der Waals surface area contributed by atoms with Crippen molar-refractivity contribution in [1.29, 1.82) is 0 Å². The van der Waals surface area contributed by atoms with Crippen LogP contribution in [0.15, 0.2) is 15.9 Å². The molecule has 1 aromatic rings. The topological polar surface area (TPSA) is 32.5 Å². The van der Waals surface area contributed by atoms with Gasteiger partial charge in [0.15, 0.2) is 0 Å². The van der Waals surface area contributed by atoms with Crippen molar-refractivity contribution in [1.82, 2.24) is 9.80 Å². The number of halogens is 1. The van der Waals surface area contributed by atoms with Gasteiger partial charge >= 0.3 is 0 Å². The molecule has 1 fully saturated rings. The highest BCUT2D eigenvalue weighted by Gasteiger charge is 2.32. The van der Waals surface area contributed by atoms with Gasteiger partial charge in [-0.3, -0.25) is 4.90 Å². The summed E-state index contributed by atoms with van der Waals surface area (Å²) in [7, 11) is 4.30. The standard InChI is InChI=1S/C13H22BrN3S/c1-16(2)9-10-4-3-6-17(10)12(8-15)13-11(14)5-7-18-13/h5,7,10,12H,3-4,6,8-9,15H2,1-2H3. The number of nitrogens with zero attached hydrogens (tertiary/aromatic N) is 2. The molecule has 2 atom stereocenters. The van der Waals surface area contributed by atoms with Crippen LogP contribution in [0.3, 0.4) is 0 Å². The molecule has 5 heteroatoms. The molecule has 102 valence electrons. The summed E-state index contributed by atoms with van der Waals surface area (Å²) in [6, 6.07) is 3.13. The molecule has 18 heavy (non-hydrogen) atoms. The van der Waals surface area contributed by atoms with Gasteiger partial charge in [0, 0.05) is 28.5 Å². The summed E-state index contributed by atoms with van der Waals surface area (Å²) < 4.78 is 1.21. The Morgan fingerprint density at radius 3 is 2.94 bits per heavy atom. The normalized spacial score (nSPS) is 22.8. The van der Waals surface area contributed by atoms with Crippen molar-refractivity contribution in [3.05, 3.63) is 20.8 Å². The number of hydrogen-bond donors (Lipinski definition) is 1. The summed E-state index contributed by atoms with van der Waals surface area (Å²) in [5.41, 5.74) is 6.04. The van der Waals surface area contributed by atoms with Gasteiger partial charge in [0.25, 0.3) is 0 Å². The maximum absolute atomic E-state index is 6.04. The molecular formula is C13H22BrN3S. The first-order valence-electron chi connectivity index (χ1n) is 6.47. The van der Waals surface area contributed by atoms with Crippen LogP contribution >= 0.6 is 27.3 Å². The average Bonchev–Trinajstić information content (AvgIpc) is 2.91. The number of likely N-dealkylation sites (N-methyl/N-ethyl adjacent to an activating group) is 1. The lowest BCUT2D eigenvalue weighted by Gasteiger charge is -2.33. The van der Waals surface area contributed by atoms with E-state index in [2.05, 4.69) is 51.3 Å². The van der Waals surface area contributed by atoms with Crippen LogP contribution in [0.4, 0.5) is 0 Å². The van der Waals surface area contributed by atoms with E-state index in [0.717, 1.165) is 6.54 Å². The van der Waals surface area contributed by atoms with Gasteiger partial charge in [0.05, 0.1) is 6.04 Å². The number of rotatable bonds is 5. The molecule has 1 aromatic heterocycles. The Kier molecular flexibility index (Phi) is 5.21. The zero-order valence-corrected chi connectivity index (χ0v) is 13.5. The molecule has 0 aromatic carbocycles. The number of hydrogen-bond acceptors (Lipinski definition) is 4. The molecule has 2 N–H and O–H groups in total. The van der Waals surface area contributed by atoms with Gasteiger partial charge in [-0.25, -0.2) is 0 Å². The van der Waals surface area contributed by atoms with Crippen molar-refractivity contribution in [3.63, 3.8) is 0 Å². The molecule has 3 nitrogen and oxygen atoms in total. The van der Waals surface area contributed by atoms with Crippen LogP contribution in [0.2, 0.25) is 0 Å². The Hall–Kier alpha value is 0.0600. The molecule has 1 saturated heterocycles. The van der Waals surface area contributed by atoms with E-state index in [-0.39, 0.29) is 0 Å². The zero-order chi connectivity index (χ0) is 13.1. The van der Waals surface area contributed by atoms with Gasteiger partial charge in [-0.15, -0.1) is 11.3 Å². The highest BCUT2D eigenvalue weighted by molar-refractivity contribution is 9.10. The van der Waals surface area contributed by atoms with Crippen molar-refractivity contribution in [2.45, 2.75) is 24.9 Å². The lowest BCUT2D eigenvalue weighted by molar-refractivity contribution is 0.157. The summed E-state index contributed by atoms with van der Waals surface area (Å²) in [4.78, 5) is 6.25. The average molecular weight is 332 g/mol. The summed E-state index contributed by atoms with van der Waals surface area (Å²) in [6.07, 6.45) is 2.58. The van der Waals surface area contributed by atoms with Crippen molar-refractivity contribution in [2.75, 3.05) is 33.7 Å². The maximum Gasteiger partial charge on any atom is 0.0578 e. The fraction of sp³-hybridized carbons (Fsp3) is 0.692. The summed E-state index contributed by atoms with van der Waals surface area (Å²) in [5.74, 6) is 0. The Morgan fingerprint density at radius 2 is 2.39 bits per heavy atom. The molecule has 0 spiro atoms. The van der Waals surface area contributed by atoms with Crippen LogP contribution in [-0.4, -0.2) is 49.6 Å². The first-order chi connectivity index (χ1) is 8.63. The highest BCUT2D eigenvalue weighted by Crippen LogP contribution is 2.36. The Labute approximate surface area is 122 Å². The van der Waals surface area contributed by atoms with Gasteiger partial charge in [0.2, 0.25) is 0 Å².